The van der Waals surface area contributed by atoms with Crippen molar-refractivity contribution in [1.82, 2.24) is 5.43 Å². The Hall–Kier alpha value is -2.53. The van der Waals surface area contributed by atoms with Crippen LogP contribution in [0.5, 0.6) is 11.5 Å². The maximum Gasteiger partial charge on any atom is 0.277 e. The molecular formula is C17H17ClN2O3. The van der Waals surface area contributed by atoms with Gasteiger partial charge in [-0.1, -0.05) is 23.7 Å². The highest BCUT2D eigenvalue weighted by atomic mass is 35.5. The minimum Gasteiger partial charge on any atom is -0.497 e. The third-order valence-corrected chi connectivity index (χ3v) is 3.27. The van der Waals surface area contributed by atoms with Crippen molar-refractivity contribution >= 4 is 23.2 Å². The van der Waals surface area contributed by atoms with Crippen LogP contribution >= 0.6 is 11.6 Å². The lowest BCUT2D eigenvalue weighted by molar-refractivity contribution is -0.123. The quantitative estimate of drug-likeness (QED) is 0.652. The monoisotopic (exact) mass is 332 g/mol. The number of halogens is 1. The molecule has 0 fully saturated rings. The van der Waals surface area contributed by atoms with Gasteiger partial charge in [-0.15, -0.1) is 0 Å². The largest absolute Gasteiger partial charge is 0.497 e. The molecule has 2 rings (SSSR count). The van der Waals surface area contributed by atoms with Gasteiger partial charge in [-0.05, 0) is 43.3 Å². The number of ether oxygens (including phenoxy) is 2. The first-order chi connectivity index (χ1) is 11.1. The Balaban J connectivity index is 1.88. The number of nitrogens with zero attached hydrogens (tertiary/aromatic N) is 1. The highest BCUT2D eigenvalue weighted by molar-refractivity contribution is 6.30. The normalized spacial score (nSPS) is 11.0. The smallest absolute Gasteiger partial charge is 0.277 e. The molecule has 1 N–H and O–H groups in total. The molecule has 0 radical (unpaired) electrons. The molecule has 0 spiro atoms. The fraction of sp³-hybridized carbons (Fsp3) is 0.176. The molecule has 120 valence electrons. The first kappa shape index (κ1) is 16.8. The van der Waals surface area contributed by atoms with Crippen molar-refractivity contribution in [1.29, 1.82) is 0 Å². The first-order valence-corrected chi connectivity index (χ1v) is 7.32. The number of hydrazone groups is 1. The zero-order valence-electron chi connectivity index (χ0n) is 12.9. The zero-order valence-corrected chi connectivity index (χ0v) is 13.6. The van der Waals surface area contributed by atoms with E-state index in [1.54, 1.807) is 38.3 Å². The van der Waals surface area contributed by atoms with Gasteiger partial charge in [0.1, 0.15) is 11.5 Å². The Kier molecular flexibility index (Phi) is 6.00. The summed E-state index contributed by atoms with van der Waals surface area (Å²) in [6.45, 7) is 1.67. The molecule has 0 aliphatic heterocycles. The summed E-state index contributed by atoms with van der Waals surface area (Å²) in [4.78, 5) is 11.7. The van der Waals surface area contributed by atoms with Crippen molar-refractivity contribution in [2.45, 2.75) is 6.92 Å². The Morgan fingerprint density at radius 3 is 2.61 bits per heavy atom. The molecule has 0 saturated heterocycles. The molecule has 2 aromatic rings. The summed E-state index contributed by atoms with van der Waals surface area (Å²) in [5.74, 6) is 0.953. The molecule has 0 unspecified atom stereocenters. The second-order valence-electron chi connectivity index (χ2n) is 4.71. The highest BCUT2D eigenvalue weighted by Crippen LogP contribution is 2.15. The molecule has 0 bridgehead atoms. The summed E-state index contributed by atoms with van der Waals surface area (Å²) in [6, 6.07) is 14.2. The maximum absolute atomic E-state index is 11.7. The Bertz CT molecular complexity index is 699. The Labute approximate surface area is 139 Å². The van der Waals surface area contributed by atoms with E-state index in [2.05, 4.69) is 10.5 Å². The second-order valence-corrected chi connectivity index (χ2v) is 5.14. The average molecular weight is 333 g/mol. The van der Waals surface area contributed by atoms with Crippen LogP contribution in [0, 0.1) is 0 Å². The van der Waals surface area contributed by atoms with Gasteiger partial charge in [0.15, 0.2) is 6.61 Å². The van der Waals surface area contributed by atoms with Crippen LogP contribution < -0.4 is 14.9 Å². The van der Waals surface area contributed by atoms with Crippen molar-refractivity contribution in [3.05, 3.63) is 59.1 Å². The molecule has 0 aliphatic carbocycles. The van der Waals surface area contributed by atoms with Crippen LogP contribution in [-0.4, -0.2) is 25.3 Å². The molecule has 6 heteroatoms. The van der Waals surface area contributed by atoms with Crippen LogP contribution in [0.4, 0.5) is 0 Å². The van der Waals surface area contributed by atoms with Crippen LogP contribution in [0.3, 0.4) is 0 Å². The SMILES string of the molecule is COc1cccc(C(C)=NNC(=O)COc2ccc(Cl)cc2)c1. The molecule has 0 heterocycles. The summed E-state index contributed by atoms with van der Waals surface area (Å²) in [6.07, 6.45) is 0. The Morgan fingerprint density at radius 2 is 1.91 bits per heavy atom. The van der Waals surface area contributed by atoms with E-state index >= 15 is 0 Å². The van der Waals surface area contributed by atoms with Gasteiger partial charge in [-0.3, -0.25) is 4.79 Å². The standard InChI is InChI=1S/C17H17ClN2O3/c1-12(13-4-3-5-16(10-13)22-2)19-20-17(21)11-23-15-8-6-14(18)7-9-15/h3-10H,11H2,1-2H3,(H,20,21). The van der Waals surface area contributed by atoms with Crippen LogP contribution in [0.2, 0.25) is 5.02 Å². The van der Waals surface area contributed by atoms with E-state index in [0.29, 0.717) is 16.5 Å². The van der Waals surface area contributed by atoms with E-state index in [-0.39, 0.29) is 12.5 Å². The summed E-state index contributed by atoms with van der Waals surface area (Å²) in [7, 11) is 1.60. The maximum atomic E-state index is 11.7. The number of carbonyl (C=O) groups is 1. The summed E-state index contributed by atoms with van der Waals surface area (Å²) in [5.41, 5.74) is 3.99. The summed E-state index contributed by atoms with van der Waals surface area (Å²) in [5, 5.41) is 4.67. The van der Waals surface area contributed by atoms with Gasteiger partial charge in [0.25, 0.3) is 5.91 Å². The van der Waals surface area contributed by atoms with Crippen molar-refractivity contribution in [2.75, 3.05) is 13.7 Å². The lowest BCUT2D eigenvalue weighted by Gasteiger charge is -2.06. The second kappa shape index (κ2) is 8.19. The number of hydrogen-bond donors (Lipinski definition) is 1. The van der Waals surface area contributed by atoms with E-state index in [4.69, 9.17) is 21.1 Å². The van der Waals surface area contributed by atoms with Crippen molar-refractivity contribution in [3.63, 3.8) is 0 Å². The van der Waals surface area contributed by atoms with Crippen molar-refractivity contribution in [3.8, 4) is 11.5 Å². The zero-order chi connectivity index (χ0) is 16.7. The van der Waals surface area contributed by atoms with Crippen LogP contribution in [0.1, 0.15) is 12.5 Å². The van der Waals surface area contributed by atoms with E-state index in [1.807, 2.05) is 24.3 Å². The molecule has 23 heavy (non-hydrogen) atoms. The number of benzene rings is 2. The number of hydrogen-bond acceptors (Lipinski definition) is 4. The van der Waals surface area contributed by atoms with Gasteiger partial charge >= 0.3 is 0 Å². The molecule has 2 aromatic carbocycles. The molecule has 1 amide bonds. The van der Waals surface area contributed by atoms with E-state index in [0.717, 1.165) is 11.3 Å². The van der Waals surface area contributed by atoms with Crippen LogP contribution in [-0.2, 0) is 4.79 Å². The van der Waals surface area contributed by atoms with Gasteiger partial charge < -0.3 is 9.47 Å². The van der Waals surface area contributed by atoms with E-state index in [1.165, 1.54) is 0 Å². The number of methoxy groups -OCH3 is 1. The van der Waals surface area contributed by atoms with Crippen molar-refractivity contribution in [2.24, 2.45) is 5.10 Å². The topological polar surface area (TPSA) is 59.9 Å². The van der Waals surface area contributed by atoms with Gasteiger partial charge in [0, 0.05) is 10.6 Å². The molecule has 0 atom stereocenters. The fourth-order valence-corrected chi connectivity index (χ4v) is 1.90. The minimum atomic E-state index is -0.345. The molecule has 5 nitrogen and oxygen atoms in total. The first-order valence-electron chi connectivity index (χ1n) is 6.94. The molecule has 0 saturated carbocycles. The molecule has 0 aliphatic rings. The number of carbonyl (C=O) groups excluding carboxylic acids is 1. The van der Waals surface area contributed by atoms with Gasteiger partial charge in [-0.2, -0.15) is 5.10 Å². The fourth-order valence-electron chi connectivity index (χ4n) is 1.77. The molecular weight excluding hydrogens is 316 g/mol. The van der Waals surface area contributed by atoms with E-state index in [9.17, 15) is 4.79 Å². The number of nitrogens with one attached hydrogen (secondary N) is 1. The molecule has 0 aromatic heterocycles. The van der Waals surface area contributed by atoms with E-state index < -0.39 is 0 Å². The summed E-state index contributed by atoms with van der Waals surface area (Å²) >= 11 is 5.78. The predicted molar refractivity (Wildman–Crippen MR) is 90.3 cm³/mol. The number of rotatable bonds is 6. The predicted octanol–water partition coefficient (Wildman–Crippen LogP) is 3.27. The highest BCUT2D eigenvalue weighted by Gasteiger charge is 2.04. The lowest BCUT2D eigenvalue weighted by atomic mass is 10.1. The average Bonchev–Trinajstić information content (AvgIpc) is 2.59. The van der Waals surface area contributed by atoms with Crippen molar-refractivity contribution < 1.29 is 14.3 Å². The Morgan fingerprint density at radius 1 is 1.17 bits per heavy atom. The summed E-state index contributed by atoms with van der Waals surface area (Å²) < 4.78 is 10.5. The third-order valence-electron chi connectivity index (χ3n) is 3.02. The third kappa shape index (κ3) is 5.30. The van der Waals surface area contributed by atoms with Gasteiger partial charge in [0.2, 0.25) is 0 Å². The lowest BCUT2D eigenvalue weighted by Crippen LogP contribution is -2.25. The van der Waals surface area contributed by atoms with Crippen LogP contribution in [0.15, 0.2) is 53.6 Å². The van der Waals surface area contributed by atoms with Gasteiger partial charge in [-0.25, -0.2) is 5.43 Å². The minimum absolute atomic E-state index is 0.128. The van der Waals surface area contributed by atoms with Crippen LogP contribution in [0.25, 0.3) is 0 Å². The van der Waals surface area contributed by atoms with Gasteiger partial charge in [0.05, 0.1) is 12.8 Å². The number of amides is 1.